The Balaban J connectivity index is 0.957. The molecular weight excluding hydrogens is 1020 g/mol. The SMILES string of the molecule is [2H]c1c(Oc2[c-]c(-n3[c](=[Pt])n(-c4c(-c5ccccc5)cc(C([2H])([2H])[2H])cc4-c4ccc(-c5ccccc5)cc4)c4ccccc43)ccc2)nc(N2B(c3ccccc3)n3c4ccccc4c4cc[c-]c2c43)c([2H])c1[2H]. The molecule has 0 fully saturated rings. The van der Waals surface area contributed by atoms with Gasteiger partial charge in [-0.15, -0.1) is 5.39 Å². The van der Waals surface area contributed by atoms with E-state index in [2.05, 4.69) is 106 Å². The fraction of sp³-hybridized carbons (Fsp3) is 0.0164. The van der Waals surface area contributed by atoms with E-state index in [9.17, 15) is 2.74 Å². The van der Waals surface area contributed by atoms with Crippen molar-refractivity contribution >= 4 is 56.8 Å². The molecule has 13 rings (SSSR count). The van der Waals surface area contributed by atoms with Gasteiger partial charge in [0.05, 0.1) is 0 Å². The average Bonchev–Trinajstić information content (AvgIpc) is 4.17. The number of imidazole rings is 1. The van der Waals surface area contributed by atoms with E-state index in [1.807, 2.05) is 132 Å². The Bertz CT molecular complexity index is 4280. The van der Waals surface area contributed by atoms with Crippen molar-refractivity contribution in [2.45, 2.75) is 6.85 Å². The number of para-hydroxylation sites is 3. The summed E-state index contributed by atoms with van der Waals surface area (Å²) < 4.78 is 67.5. The number of ether oxygens (including phenoxy) is 1. The summed E-state index contributed by atoms with van der Waals surface area (Å²) in [5, 5.41) is 2.13. The Hall–Kier alpha value is -8.25. The van der Waals surface area contributed by atoms with E-state index in [0.29, 0.717) is 11.4 Å². The van der Waals surface area contributed by atoms with Crippen LogP contribution in [0.3, 0.4) is 0 Å². The van der Waals surface area contributed by atoms with Gasteiger partial charge < -0.3 is 0 Å². The second-order valence-electron chi connectivity index (χ2n) is 16.9. The van der Waals surface area contributed by atoms with Crippen LogP contribution in [0.25, 0.3) is 77.6 Å². The first-order chi connectivity index (χ1) is 36.5. The third kappa shape index (κ3) is 6.92. The molecule has 6 nitrogen and oxygen atoms in total. The van der Waals surface area contributed by atoms with E-state index in [1.165, 1.54) is 0 Å². The molecule has 0 aliphatic carbocycles. The van der Waals surface area contributed by atoms with Crippen LogP contribution < -0.4 is 15.0 Å². The number of hydrogen-bond donors (Lipinski definition) is 0. The topological polar surface area (TPSA) is 40.1 Å². The Kier molecular flexibility index (Phi) is 8.52. The Morgan fingerprint density at radius 2 is 1.23 bits per heavy atom. The minimum atomic E-state index is -2.40. The fourth-order valence-corrected chi connectivity index (χ4v) is 11.0. The molecule has 8 heteroatoms. The van der Waals surface area contributed by atoms with Crippen molar-refractivity contribution in [3.8, 4) is 56.4 Å². The van der Waals surface area contributed by atoms with Crippen LogP contribution in [0.5, 0.6) is 11.6 Å². The van der Waals surface area contributed by atoms with E-state index >= 15 is 0 Å². The number of rotatable bonds is 9. The molecule has 0 unspecified atom stereocenters. The minimum absolute atomic E-state index is 0.146. The number of aromatic nitrogens is 4. The van der Waals surface area contributed by atoms with Crippen LogP contribution in [0, 0.1) is 22.8 Å². The van der Waals surface area contributed by atoms with Gasteiger partial charge in [0.2, 0.25) is 0 Å². The summed E-state index contributed by atoms with van der Waals surface area (Å²) in [7, 11) is 0. The van der Waals surface area contributed by atoms with Gasteiger partial charge in [-0.2, -0.15) is 12.1 Å². The molecule has 330 valence electrons. The first kappa shape index (κ1) is 35.0. The molecule has 69 heavy (non-hydrogen) atoms. The van der Waals surface area contributed by atoms with Gasteiger partial charge in [-0.05, 0) is 11.5 Å². The zero-order chi connectivity index (χ0) is 51.1. The average molecular weight is 1070 g/mol. The van der Waals surface area contributed by atoms with Gasteiger partial charge in [0.15, 0.2) is 0 Å². The van der Waals surface area contributed by atoms with Gasteiger partial charge in [-0.25, -0.2) is 0 Å². The molecule has 0 atom stereocenters. The fourth-order valence-electron chi connectivity index (χ4n) is 9.94. The molecule has 0 radical (unpaired) electrons. The maximum atomic E-state index is 9.36. The zero-order valence-electron chi connectivity index (χ0n) is 42.7. The molecule has 3 aromatic heterocycles. The summed E-state index contributed by atoms with van der Waals surface area (Å²) >= 11 is 2.33. The molecule has 0 saturated heterocycles. The van der Waals surface area contributed by atoms with E-state index < -0.39 is 13.8 Å². The quantitative estimate of drug-likeness (QED) is 0.107. The summed E-state index contributed by atoms with van der Waals surface area (Å²) in [5.74, 6) is 0.255. The Morgan fingerprint density at radius 3 is 1.97 bits per heavy atom. The summed E-state index contributed by atoms with van der Waals surface area (Å²) in [6.45, 7) is -2.89. The molecule has 1 aliphatic rings. The van der Waals surface area contributed by atoms with Crippen LogP contribution >= 0.6 is 0 Å². The van der Waals surface area contributed by atoms with Crippen LogP contribution in [0.4, 0.5) is 11.5 Å². The van der Waals surface area contributed by atoms with Crippen molar-refractivity contribution in [2.75, 3.05) is 4.81 Å². The summed E-state index contributed by atoms with van der Waals surface area (Å²) in [4.78, 5) is 6.89. The molecule has 0 spiro atoms. The van der Waals surface area contributed by atoms with Crippen molar-refractivity contribution in [1.82, 2.24) is 18.6 Å². The molecule has 0 amide bonds. The summed E-state index contributed by atoms with van der Waals surface area (Å²) in [6, 6.07) is 73.7. The van der Waals surface area contributed by atoms with Crippen LogP contribution in [-0.4, -0.2) is 25.6 Å². The van der Waals surface area contributed by atoms with E-state index in [0.717, 1.165) is 81.2 Å². The van der Waals surface area contributed by atoms with Crippen LogP contribution in [0.1, 0.15) is 13.8 Å². The van der Waals surface area contributed by atoms with Gasteiger partial charge in [0.25, 0.3) is 0 Å². The van der Waals surface area contributed by atoms with Crippen molar-refractivity contribution in [3.63, 3.8) is 0 Å². The third-order valence-corrected chi connectivity index (χ3v) is 13.9. The van der Waals surface area contributed by atoms with Crippen LogP contribution in [0.2, 0.25) is 0 Å². The molecule has 12 aromatic rings. The normalized spacial score (nSPS) is 13.6. The molecule has 1 aliphatic heterocycles. The van der Waals surface area contributed by atoms with E-state index in [1.54, 1.807) is 18.2 Å². The van der Waals surface area contributed by atoms with Gasteiger partial charge in [0.1, 0.15) is 0 Å². The molecule has 4 heterocycles. The van der Waals surface area contributed by atoms with Crippen LogP contribution in [-0.2, 0) is 19.4 Å². The van der Waals surface area contributed by atoms with Crippen molar-refractivity contribution in [3.05, 3.63) is 246 Å². The zero-order valence-corrected chi connectivity index (χ0v) is 38.9. The Morgan fingerprint density at radius 1 is 0.609 bits per heavy atom. The number of hydrogen-bond acceptors (Lipinski definition) is 3. The van der Waals surface area contributed by atoms with Gasteiger partial charge in [0, 0.05) is 5.52 Å². The standard InChI is InChI=1S/C61H40BN5O.Pt/c1-42-38-52(45-20-7-3-8-21-45)60(53(39-42)46-36-34-44(35-37-46)43-18-5-2-6-19-43)65-41-64(55-29-13-14-30-56(55)65)48-24-15-25-49(40-48)68-59-33-17-32-58(63-59)66-57-31-16-27-51-50-26-11-12-28-54(50)67(61(51)57)62(66)47-22-9-4-10-23-47;/h2-30,32-39H,1H3;/q-2;/i1D3,17D,32D,33D;. The van der Waals surface area contributed by atoms with E-state index in [4.69, 9.17) is 15.2 Å². The molecule has 0 saturated carbocycles. The van der Waals surface area contributed by atoms with Gasteiger partial charge in [-0.3, -0.25) is 0 Å². The van der Waals surface area contributed by atoms with Gasteiger partial charge in [-0.1, -0.05) is 48.5 Å². The maximum absolute atomic E-state index is 9.36. The second-order valence-corrected chi connectivity index (χ2v) is 17.9. The van der Waals surface area contributed by atoms with Crippen molar-refractivity contribution in [1.29, 1.82) is 0 Å². The number of benzene rings is 9. The molecular formula is C61H40BN5OPt-2. The van der Waals surface area contributed by atoms with Crippen LogP contribution in [0.15, 0.2) is 224 Å². The van der Waals surface area contributed by atoms with Gasteiger partial charge >= 0.3 is 339 Å². The predicted octanol–water partition coefficient (Wildman–Crippen LogP) is 14.1. The first-order valence-electron chi connectivity index (χ1n) is 25.6. The monoisotopic (exact) mass is 1070 g/mol. The first-order valence-corrected chi connectivity index (χ1v) is 23.7. The third-order valence-electron chi connectivity index (χ3n) is 12.9. The summed E-state index contributed by atoms with van der Waals surface area (Å²) in [6.07, 6.45) is 0. The number of nitrogens with zero attached hydrogens (tertiary/aromatic N) is 5. The summed E-state index contributed by atoms with van der Waals surface area (Å²) in [5.41, 5.74) is 12.2. The number of aryl methyl sites for hydroxylation is 1. The number of anilines is 2. The van der Waals surface area contributed by atoms with Crippen molar-refractivity contribution in [2.24, 2.45) is 0 Å². The number of pyridine rings is 1. The van der Waals surface area contributed by atoms with Crippen molar-refractivity contribution < 1.29 is 32.3 Å². The molecule has 0 N–H and O–H groups in total. The Labute approximate surface area is 419 Å². The predicted molar refractivity (Wildman–Crippen MR) is 278 cm³/mol. The van der Waals surface area contributed by atoms with E-state index in [-0.39, 0.29) is 41.1 Å². The molecule has 0 bridgehead atoms. The molecule has 9 aromatic carbocycles. The number of fused-ring (bicyclic) bond motifs is 4. The second kappa shape index (κ2) is 16.8.